The van der Waals surface area contributed by atoms with E-state index in [1.807, 2.05) is 20.8 Å². The van der Waals surface area contributed by atoms with Crippen LogP contribution in [0.4, 0.5) is 4.79 Å². The van der Waals surface area contributed by atoms with Crippen LogP contribution < -0.4 is 0 Å². The van der Waals surface area contributed by atoms with Crippen molar-refractivity contribution in [2.75, 3.05) is 13.1 Å². The highest BCUT2D eigenvalue weighted by Gasteiger charge is 2.25. The molecule has 0 unspecified atom stereocenters. The molecule has 0 atom stereocenters. The van der Waals surface area contributed by atoms with Crippen molar-refractivity contribution in [2.24, 2.45) is 0 Å². The summed E-state index contributed by atoms with van der Waals surface area (Å²) in [6.45, 7) is 7.10. The third kappa shape index (κ3) is 5.40. The average molecular weight is 203 g/mol. The summed E-state index contributed by atoms with van der Waals surface area (Å²) in [4.78, 5) is 21.2. The van der Waals surface area contributed by atoms with Crippen LogP contribution in [0.1, 0.15) is 27.2 Å². The zero-order chi connectivity index (χ0) is 11.2. The predicted octanol–water partition coefficient (Wildman–Crippen LogP) is 1.33. The number of hydrogen-bond acceptors (Lipinski definition) is 3. The lowest BCUT2D eigenvalue weighted by atomic mass is 10.2. The summed E-state index contributed by atoms with van der Waals surface area (Å²) in [5.74, 6) is 0. The number of carbonyl (C=O) groups is 2. The van der Waals surface area contributed by atoms with Gasteiger partial charge in [-0.15, -0.1) is 0 Å². The highest BCUT2D eigenvalue weighted by molar-refractivity contribution is 5.68. The first kappa shape index (κ1) is 12.7. The minimum Gasteiger partial charge on any atom is -0.483 e. The van der Waals surface area contributed by atoms with Gasteiger partial charge in [-0.2, -0.15) is 0 Å². The summed E-state index contributed by atoms with van der Waals surface area (Å²) in [6, 6.07) is 0. The number of carboxylic acid groups (broad SMARTS) is 1. The molecule has 1 heterocycles. The van der Waals surface area contributed by atoms with E-state index in [2.05, 4.69) is 0 Å². The summed E-state index contributed by atoms with van der Waals surface area (Å²) < 4.78 is 5.13. The fourth-order valence-corrected chi connectivity index (χ4v) is 0.825. The number of carbonyl (C=O) groups excluding carboxylic acids is 1. The van der Waals surface area contributed by atoms with Gasteiger partial charge in [0.1, 0.15) is 5.60 Å². The first-order valence-corrected chi connectivity index (χ1v) is 4.46. The number of hydrogen-bond donors (Lipinski definition) is 1. The van der Waals surface area contributed by atoms with Gasteiger partial charge >= 0.3 is 6.09 Å². The maximum absolute atomic E-state index is 11.1. The van der Waals surface area contributed by atoms with E-state index in [9.17, 15) is 4.79 Å². The van der Waals surface area contributed by atoms with Crippen molar-refractivity contribution < 1.29 is 19.4 Å². The zero-order valence-corrected chi connectivity index (χ0v) is 8.82. The Morgan fingerprint density at radius 3 is 2.07 bits per heavy atom. The van der Waals surface area contributed by atoms with E-state index in [-0.39, 0.29) is 18.2 Å². The molecule has 82 valence electrons. The minimum atomic E-state index is -0.354. The normalized spacial score (nSPS) is 14.6. The van der Waals surface area contributed by atoms with Crippen LogP contribution in [0.5, 0.6) is 0 Å². The number of ether oxygens (including phenoxy) is 1. The lowest BCUT2D eigenvalue weighted by Gasteiger charge is -2.32. The van der Waals surface area contributed by atoms with Crippen molar-refractivity contribution in [3.63, 3.8) is 0 Å². The fourth-order valence-electron chi connectivity index (χ4n) is 0.825. The molecule has 1 N–H and O–H groups in total. The van der Waals surface area contributed by atoms with E-state index in [0.29, 0.717) is 0 Å². The van der Waals surface area contributed by atoms with E-state index in [1.165, 1.54) is 0 Å². The van der Waals surface area contributed by atoms with E-state index >= 15 is 0 Å². The SMILES string of the molecule is CC(C)(C)OC(=O)N1CCC1.O=CO. The molecular weight excluding hydrogens is 186 g/mol. The summed E-state index contributed by atoms with van der Waals surface area (Å²) >= 11 is 0. The molecule has 14 heavy (non-hydrogen) atoms. The molecule has 0 aromatic rings. The molecule has 0 radical (unpaired) electrons. The minimum absolute atomic E-state index is 0.177. The van der Waals surface area contributed by atoms with Crippen molar-refractivity contribution in [1.29, 1.82) is 0 Å². The van der Waals surface area contributed by atoms with Crippen LogP contribution in [-0.4, -0.2) is 41.3 Å². The van der Waals surface area contributed by atoms with Gasteiger partial charge in [0, 0.05) is 13.1 Å². The van der Waals surface area contributed by atoms with Gasteiger partial charge in [-0.3, -0.25) is 4.79 Å². The van der Waals surface area contributed by atoms with Crippen molar-refractivity contribution in [1.82, 2.24) is 4.90 Å². The second-order valence-corrected chi connectivity index (χ2v) is 3.93. The van der Waals surface area contributed by atoms with E-state index < -0.39 is 0 Å². The van der Waals surface area contributed by atoms with Crippen molar-refractivity contribution in [3.05, 3.63) is 0 Å². The highest BCUT2D eigenvalue weighted by Crippen LogP contribution is 2.13. The molecule has 0 saturated carbocycles. The predicted molar refractivity (Wildman–Crippen MR) is 51.1 cm³/mol. The summed E-state index contributed by atoms with van der Waals surface area (Å²) in [6.07, 6.45) is 0.933. The molecule has 5 heteroatoms. The summed E-state index contributed by atoms with van der Waals surface area (Å²) in [5.41, 5.74) is -0.354. The Hall–Kier alpha value is -1.26. The van der Waals surface area contributed by atoms with Gasteiger partial charge in [0.15, 0.2) is 0 Å². The Bertz CT molecular complexity index is 193. The van der Waals surface area contributed by atoms with Crippen LogP contribution in [0.25, 0.3) is 0 Å². The third-order valence-electron chi connectivity index (χ3n) is 1.51. The highest BCUT2D eigenvalue weighted by atomic mass is 16.6. The van der Waals surface area contributed by atoms with Crippen LogP contribution in [0.3, 0.4) is 0 Å². The van der Waals surface area contributed by atoms with Gasteiger partial charge in [0.25, 0.3) is 6.47 Å². The quantitative estimate of drug-likeness (QED) is 0.603. The van der Waals surface area contributed by atoms with Crippen LogP contribution in [-0.2, 0) is 9.53 Å². The van der Waals surface area contributed by atoms with E-state index in [0.717, 1.165) is 19.5 Å². The van der Waals surface area contributed by atoms with Crippen LogP contribution >= 0.6 is 0 Å². The number of likely N-dealkylation sites (tertiary alicyclic amines) is 1. The van der Waals surface area contributed by atoms with Gasteiger partial charge in [-0.25, -0.2) is 4.79 Å². The third-order valence-corrected chi connectivity index (χ3v) is 1.51. The Balaban J connectivity index is 0.000000500. The molecular formula is C9H17NO4. The van der Waals surface area contributed by atoms with Gasteiger partial charge in [-0.1, -0.05) is 0 Å². The maximum atomic E-state index is 11.1. The molecule has 1 fully saturated rings. The molecule has 1 saturated heterocycles. The second kappa shape index (κ2) is 5.47. The summed E-state index contributed by atoms with van der Waals surface area (Å²) in [5, 5.41) is 6.89. The molecule has 5 nitrogen and oxygen atoms in total. The Labute approximate surface area is 83.6 Å². The second-order valence-electron chi connectivity index (χ2n) is 3.93. The first-order valence-electron chi connectivity index (χ1n) is 4.46. The van der Waals surface area contributed by atoms with Crippen LogP contribution in [0.2, 0.25) is 0 Å². The largest absolute Gasteiger partial charge is 0.483 e. The van der Waals surface area contributed by atoms with Crippen molar-refractivity contribution >= 4 is 12.6 Å². The van der Waals surface area contributed by atoms with Crippen molar-refractivity contribution in [3.8, 4) is 0 Å². The monoisotopic (exact) mass is 203 g/mol. The number of nitrogens with zero attached hydrogens (tertiary/aromatic N) is 1. The number of rotatable bonds is 0. The maximum Gasteiger partial charge on any atom is 0.410 e. The molecule has 1 aliphatic heterocycles. The Kier molecular flexibility index (Phi) is 4.97. The lowest BCUT2D eigenvalue weighted by Crippen LogP contribution is -2.44. The molecule has 1 aliphatic rings. The Morgan fingerprint density at radius 2 is 1.86 bits per heavy atom. The Morgan fingerprint density at radius 1 is 1.43 bits per heavy atom. The molecule has 0 bridgehead atoms. The molecule has 0 aromatic carbocycles. The molecule has 0 aliphatic carbocycles. The van der Waals surface area contributed by atoms with E-state index in [4.69, 9.17) is 14.6 Å². The van der Waals surface area contributed by atoms with Gasteiger partial charge < -0.3 is 14.7 Å². The van der Waals surface area contributed by atoms with Gasteiger partial charge in [-0.05, 0) is 27.2 Å². The molecule has 0 aromatic heterocycles. The topological polar surface area (TPSA) is 66.8 Å². The number of amides is 1. The molecule has 0 spiro atoms. The zero-order valence-electron chi connectivity index (χ0n) is 8.82. The average Bonchev–Trinajstić information content (AvgIpc) is 1.78. The molecule has 1 rings (SSSR count). The van der Waals surface area contributed by atoms with Gasteiger partial charge in [0.05, 0.1) is 0 Å². The smallest absolute Gasteiger partial charge is 0.410 e. The summed E-state index contributed by atoms with van der Waals surface area (Å²) in [7, 11) is 0. The van der Waals surface area contributed by atoms with Crippen molar-refractivity contribution in [2.45, 2.75) is 32.8 Å². The van der Waals surface area contributed by atoms with Crippen LogP contribution in [0, 0.1) is 0 Å². The lowest BCUT2D eigenvalue weighted by molar-refractivity contribution is -0.122. The van der Waals surface area contributed by atoms with Crippen LogP contribution in [0.15, 0.2) is 0 Å². The van der Waals surface area contributed by atoms with E-state index in [1.54, 1.807) is 4.90 Å². The standard InChI is InChI=1S/C8H15NO2.CH2O2/c1-8(2,3)11-7(10)9-5-4-6-9;2-1-3/h4-6H2,1-3H3;1H,(H,2,3). The molecule has 1 amide bonds. The van der Waals surface area contributed by atoms with Gasteiger partial charge in [0.2, 0.25) is 0 Å². The first-order chi connectivity index (χ1) is 6.40. The fraction of sp³-hybridized carbons (Fsp3) is 0.778.